The van der Waals surface area contributed by atoms with Crippen LogP contribution >= 0.6 is 0 Å². The first-order valence-electron chi connectivity index (χ1n) is 15.3. The van der Waals surface area contributed by atoms with Gasteiger partial charge in [-0.2, -0.15) is 0 Å². The minimum Gasteiger partial charge on any atom is -0.380 e. The Morgan fingerprint density at radius 3 is 1.77 bits per heavy atom. The lowest BCUT2D eigenvalue weighted by molar-refractivity contribution is -0.203. The molecular weight excluding hydrogens is 438 g/mol. The molecule has 1 aliphatic rings. The van der Waals surface area contributed by atoms with Crippen molar-refractivity contribution in [3.63, 3.8) is 0 Å². The molecule has 5 atom stereocenters. The van der Waals surface area contributed by atoms with Gasteiger partial charge in [0, 0.05) is 39.5 Å². The van der Waals surface area contributed by atoms with Crippen LogP contribution in [0.4, 0.5) is 0 Å². The lowest BCUT2D eigenvalue weighted by atomic mass is 9.90. The van der Waals surface area contributed by atoms with E-state index in [1.165, 1.54) is 25.7 Å². The topological polar surface area (TPSA) is 40.2 Å². The predicted octanol–water partition coefficient (Wildman–Crippen LogP) is 7.26. The number of likely N-dealkylation sites (tertiary alicyclic amines) is 1. The van der Waals surface area contributed by atoms with Crippen LogP contribution in [0.1, 0.15) is 119 Å². The average molecular weight is 500 g/mol. The molecule has 0 aromatic carbocycles. The van der Waals surface area contributed by atoms with E-state index in [-0.39, 0.29) is 24.4 Å². The molecule has 1 fully saturated rings. The molecule has 0 N–H and O–H groups in total. The number of hydrogen-bond donors (Lipinski definition) is 0. The fourth-order valence-electron chi connectivity index (χ4n) is 4.88. The van der Waals surface area contributed by atoms with E-state index in [0.717, 1.165) is 97.5 Å². The molecule has 0 saturated carbocycles. The van der Waals surface area contributed by atoms with Crippen LogP contribution in [0.15, 0.2) is 0 Å². The first-order valence-corrected chi connectivity index (χ1v) is 15.3. The number of unbranched alkanes of at least 4 members (excludes halogenated alkanes) is 5. The van der Waals surface area contributed by atoms with Gasteiger partial charge in [-0.3, -0.25) is 4.90 Å². The molecule has 1 rings (SSSR count). The standard InChI is InChI=1S/C30H61NO4/c1-7-13-18-26(12-6)23-31-24-28(33-20-15-9-3)30(35-22-17-11-5)29(34-21-16-10-4)27(31)25-32-19-14-8-2/h26-30H,7-25H2,1-6H3. The smallest absolute Gasteiger partial charge is 0.113 e. The van der Waals surface area contributed by atoms with E-state index < -0.39 is 0 Å². The molecular formula is C30H61NO4. The van der Waals surface area contributed by atoms with Crippen LogP contribution in [-0.2, 0) is 18.9 Å². The summed E-state index contributed by atoms with van der Waals surface area (Å²) in [5.74, 6) is 0.707. The van der Waals surface area contributed by atoms with E-state index in [9.17, 15) is 0 Å². The van der Waals surface area contributed by atoms with Crippen molar-refractivity contribution in [2.75, 3.05) is 46.1 Å². The normalized spacial score (nSPS) is 24.2. The van der Waals surface area contributed by atoms with Crippen molar-refractivity contribution in [3.05, 3.63) is 0 Å². The minimum atomic E-state index is -0.0259. The van der Waals surface area contributed by atoms with Crippen molar-refractivity contribution < 1.29 is 18.9 Å². The zero-order valence-electron chi connectivity index (χ0n) is 24.4. The highest BCUT2D eigenvalue weighted by molar-refractivity contribution is 4.98. The van der Waals surface area contributed by atoms with Crippen LogP contribution < -0.4 is 0 Å². The van der Waals surface area contributed by atoms with Gasteiger partial charge in [0.1, 0.15) is 12.2 Å². The molecule has 0 spiro atoms. The lowest BCUT2D eigenvalue weighted by Gasteiger charge is -2.49. The summed E-state index contributed by atoms with van der Waals surface area (Å²) >= 11 is 0. The Morgan fingerprint density at radius 2 is 1.20 bits per heavy atom. The molecule has 5 unspecified atom stereocenters. The maximum absolute atomic E-state index is 6.67. The second kappa shape index (κ2) is 21.8. The van der Waals surface area contributed by atoms with E-state index in [2.05, 4.69) is 46.4 Å². The highest BCUT2D eigenvalue weighted by atomic mass is 16.6. The Bertz CT molecular complexity index is 464. The van der Waals surface area contributed by atoms with Crippen molar-refractivity contribution in [2.45, 2.75) is 143 Å². The Hall–Kier alpha value is -0.200. The van der Waals surface area contributed by atoms with Crippen molar-refractivity contribution in [2.24, 2.45) is 5.92 Å². The van der Waals surface area contributed by atoms with Gasteiger partial charge < -0.3 is 18.9 Å². The van der Waals surface area contributed by atoms with Gasteiger partial charge in [0.15, 0.2) is 0 Å². The van der Waals surface area contributed by atoms with Crippen LogP contribution in [-0.4, -0.2) is 75.4 Å². The summed E-state index contributed by atoms with van der Waals surface area (Å²) in [6, 6.07) is 0.219. The van der Waals surface area contributed by atoms with Gasteiger partial charge in [-0.1, -0.05) is 86.5 Å². The molecule has 5 heteroatoms. The van der Waals surface area contributed by atoms with Crippen molar-refractivity contribution in [3.8, 4) is 0 Å². The first kappa shape index (κ1) is 32.8. The highest BCUT2D eigenvalue weighted by Gasteiger charge is 2.46. The molecule has 0 bridgehead atoms. The van der Waals surface area contributed by atoms with Gasteiger partial charge in [0.05, 0.1) is 18.8 Å². The summed E-state index contributed by atoms with van der Waals surface area (Å²) in [5, 5.41) is 0. The lowest BCUT2D eigenvalue weighted by Crippen LogP contribution is -2.65. The first-order chi connectivity index (χ1) is 17.2. The second-order valence-electron chi connectivity index (χ2n) is 10.5. The fraction of sp³-hybridized carbons (Fsp3) is 1.00. The Kier molecular flexibility index (Phi) is 20.5. The predicted molar refractivity (Wildman–Crippen MR) is 148 cm³/mol. The summed E-state index contributed by atoms with van der Waals surface area (Å²) in [6.45, 7) is 19.5. The summed E-state index contributed by atoms with van der Waals surface area (Å²) in [6.07, 6.45) is 14.1. The van der Waals surface area contributed by atoms with Gasteiger partial charge in [0.25, 0.3) is 0 Å². The van der Waals surface area contributed by atoms with Crippen LogP contribution in [0.2, 0.25) is 0 Å². The third kappa shape index (κ3) is 13.2. The number of piperidine rings is 1. The molecule has 5 nitrogen and oxygen atoms in total. The van der Waals surface area contributed by atoms with Crippen LogP contribution in [0.3, 0.4) is 0 Å². The van der Waals surface area contributed by atoms with Gasteiger partial charge >= 0.3 is 0 Å². The van der Waals surface area contributed by atoms with Crippen LogP contribution in [0.25, 0.3) is 0 Å². The molecule has 0 aromatic heterocycles. The molecule has 1 saturated heterocycles. The Morgan fingerprint density at radius 1 is 0.657 bits per heavy atom. The van der Waals surface area contributed by atoms with Crippen LogP contribution in [0, 0.1) is 5.92 Å². The molecule has 1 heterocycles. The average Bonchev–Trinajstić information content (AvgIpc) is 2.87. The quantitative estimate of drug-likeness (QED) is 0.138. The number of hydrogen-bond acceptors (Lipinski definition) is 5. The van der Waals surface area contributed by atoms with Gasteiger partial charge in [-0.05, 0) is 38.0 Å². The summed E-state index contributed by atoms with van der Waals surface area (Å²) in [5.41, 5.74) is 0. The molecule has 1 aliphatic heterocycles. The molecule has 35 heavy (non-hydrogen) atoms. The molecule has 0 aliphatic carbocycles. The van der Waals surface area contributed by atoms with E-state index in [4.69, 9.17) is 18.9 Å². The molecule has 210 valence electrons. The third-order valence-corrected chi connectivity index (χ3v) is 7.37. The fourth-order valence-corrected chi connectivity index (χ4v) is 4.88. The number of nitrogens with zero attached hydrogens (tertiary/aromatic N) is 1. The van der Waals surface area contributed by atoms with E-state index in [1.54, 1.807) is 0 Å². The Labute approximate surface area is 219 Å². The third-order valence-electron chi connectivity index (χ3n) is 7.37. The molecule has 0 radical (unpaired) electrons. The largest absolute Gasteiger partial charge is 0.380 e. The second-order valence-corrected chi connectivity index (χ2v) is 10.5. The Balaban J connectivity index is 3.17. The molecule has 0 amide bonds. The number of rotatable bonds is 23. The van der Waals surface area contributed by atoms with Crippen LogP contribution in [0.5, 0.6) is 0 Å². The zero-order valence-corrected chi connectivity index (χ0v) is 24.4. The minimum absolute atomic E-state index is 0.0101. The highest BCUT2D eigenvalue weighted by Crippen LogP contribution is 2.29. The summed E-state index contributed by atoms with van der Waals surface area (Å²) in [4.78, 5) is 2.66. The maximum atomic E-state index is 6.67. The van der Waals surface area contributed by atoms with E-state index in [1.807, 2.05) is 0 Å². The SMILES string of the molecule is CCCCOCC1C(OCCCC)C(OCCCC)C(OCCCC)CN1CC(CC)CCCC. The zero-order chi connectivity index (χ0) is 25.7. The van der Waals surface area contributed by atoms with Gasteiger partial charge in [-0.25, -0.2) is 0 Å². The van der Waals surface area contributed by atoms with Gasteiger partial charge in [-0.15, -0.1) is 0 Å². The molecule has 0 aromatic rings. The van der Waals surface area contributed by atoms with Crippen molar-refractivity contribution >= 4 is 0 Å². The maximum Gasteiger partial charge on any atom is 0.113 e. The summed E-state index contributed by atoms with van der Waals surface area (Å²) in [7, 11) is 0. The van der Waals surface area contributed by atoms with Crippen molar-refractivity contribution in [1.82, 2.24) is 4.90 Å². The van der Waals surface area contributed by atoms with Gasteiger partial charge in [0.2, 0.25) is 0 Å². The van der Waals surface area contributed by atoms with Crippen molar-refractivity contribution in [1.29, 1.82) is 0 Å². The van der Waals surface area contributed by atoms with E-state index >= 15 is 0 Å². The number of ether oxygens (including phenoxy) is 4. The monoisotopic (exact) mass is 499 g/mol. The van der Waals surface area contributed by atoms with E-state index in [0.29, 0.717) is 5.92 Å². The summed E-state index contributed by atoms with van der Waals surface area (Å²) < 4.78 is 26.1.